The lowest BCUT2D eigenvalue weighted by molar-refractivity contribution is -0.142. The monoisotopic (exact) mass is 315 g/mol. The van der Waals surface area contributed by atoms with Gasteiger partial charge in [-0.2, -0.15) is 0 Å². The Morgan fingerprint density at radius 3 is 2.52 bits per heavy atom. The number of hydrogen-bond donors (Lipinski definition) is 1. The van der Waals surface area contributed by atoms with Gasteiger partial charge in [0, 0.05) is 37.9 Å². The number of methoxy groups -OCH3 is 1. The number of ether oxygens (including phenoxy) is 1. The molecule has 0 saturated carbocycles. The number of esters is 1. The summed E-state index contributed by atoms with van der Waals surface area (Å²) in [5.74, 6) is -0.404. The van der Waals surface area contributed by atoms with E-state index in [-0.39, 0.29) is 43.2 Å². The van der Waals surface area contributed by atoms with E-state index in [1.165, 1.54) is 7.11 Å². The Labute approximate surface area is 131 Å². The van der Waals surface area contributed by atoms with Crippen LogP contribution in [-0.2, 0) is 20.9 Å². The summed E-state index contributed by atoms with van der Waals surface area (Å²) in [5.41, 5.74) is 6.62. The molecule has 21 heavy (non-hydrogen) atoms. The van der Waals surface area contributed by atoms with Crippen molar-refractivity contribution in [2.24, 2.45) is 5.73 Å². The molecule has 1 amide bonds. The fourth-order valence-corrected chi connectivity index (χ4v) is 1.73. The minimum atomic E-state index is -0.335. The third-order valence-electron chi connectivity index (χ3n) is 2.79. The lowest BCUT2D eigenvalue weighted by atomic mass is 10.2. The van der Waals surface area contributed by atoms with Crippen molar-refractivity contribution in [3.05, 3.63) is 30.1 Å². The van der Waals surface area contributed by atoms with E-state index < -0.39 is 0 Å². The number of carbonyl (C=O) groups excluding carboxylic acids is 2. The molecule has 6 nitrogen and oxygen atoms in total. The van der Waals surface area contributed by atoms with Crippen LogP contribution < -0.4 is 5.73 Å². The van der Waals surface area contributed by atoms with Crippen molar-refractivity contribution >= 4 is 24.3 Å². The van der Waals surface area contributed by atoms with Crippen LogP contribution in [-0.4, -0.2) is 41.5 Å². The molecule has 1 rings (SSSR count). The first kappa shape index (κ1) is 19.3. The van der Waals surface area contributed by atoms with E-state index in [0.717, 1.165) is 5.56 Å². The fourth-order valence-electron chi connectivity index (χ4n) is 1.73. The van der Waals surface area contributed by atoms with Gasteiger partial charge in [-0.05, 0) is 24.6 Å². The van der Waals surface area contributed by atoms with Gasteiger partial charge in [0.1, 0.15) is 0 Å². The van der Waals surface area contributed by atoms with Crippen molar-refractivity contribution in [1.29, 1.82) is 0 Å². The molecule has 0 spiro atoms. The molecule has 1 heterocycles. The SMILES string of the molecule is COC(=O)CCN(Cc1ccncc1)C(=O)CC(C)N.Cl. The molecular weight excluding hydrogens is 294 g/mol. The first-order valence-corrected chi connectivity index (χ1v) is 6.52. The summed E-state index contributed by atoms with van der Waals surface area (Å²) < 4.78 is 4.60. The summed E-state index contributed by atoms with van der Waals surface area (Å²) in [6.45, 7) is 2.54. The highest BCUT2D eigenvalue weighted by Crippen LogP contribution is 2.07. The molecule has 1 unspecified atom stereocenters. The number of nitrogens with zero attached hydrogens (tertiary/aromatic N) is 2. The van der Waals surface area contributed by atoms with E-state index in [1.807, 2.05) is 12.1 Å². The number of aromatic nitrogens is 1. The van der Waals surface area contributed by atoms with Crippen LogP contribution in [0.5, 0.6) is 0 Å². The topological polar surface area (TPSA) is 85.5 Å². The van der Waals surface area contributed by atoms with E-state index in [1.54, 1.807) is 24.2 Å². The summed E-state index contributed by atoms with van der Waals surface area (Å²) in [7, 11) is 1.33. The minimum Gasteiger partial charge on any atom is -0.469 e. The number of nitrogens with two attached hydrogens (primary N) is 1. The van der Waals surface area contributed by atoms with Crippen LogP contribution in [0.25, 0.3) is 0 Å². The Balaban J connectivity index is 0.00000400. The lowest BCUT2D eigenvalue weighted by Gasteiger charge is -2.23. The number of halogens is 1. The highest BCUT2D eigenvalue weighted by atomic mass is 35.5. The molecule has 1 aromatic rings. The van der Waals surface area contributed by atoms with E-state index >= 15 is 0 Å². The summed E-state index contributed by atoms with van der Waals surface area (Å²) in [4.78, 5) is 28.9. The van der Waals surface area contributed by atoms with Crippen LogP contribution in [0, 0.1) is 0 Å². The number of hydrogen-bond acceptors (Lipinski definition) is 5. The van der Waals surface area contributed by atoms with Crippen LogP contribution in [0.15, 0.2) is 24.5 Å². The quantitative estimate of drug-likeness (QED) is 0.762. The average molecular weight is 316 g/mol. The zero-order chi connectivity index (χ0) is 15.0. The lowest BCUT2D eigenvalue weighted by Crippen LogP contribution is -2.36. The molecule has 0 saturated heterocycles. The van der Waals surface area contributed by atoms with Crippen molar-refractivity contribution in [2.45, 2.75) is 32.4 Å². The second kappa shape index (κ2) is 10.1. The van der Waals surface area contributed by atoms with Crippen molar-refractivity contribution in [2.75, 3.05) is 13.7 Å². The molecule has 2 N–H and O–H groups in total. The molecule has 0 aliphatic heterocycles. The predicted molar refractivity (Wildman–Crippen MR) is 81.8 cm³/mol. The van der Waals surface area contributed by atoms with Gasteiger partial charge in [-0.15, -0.1) is 12.4 Å². The van der Waals surface area contributed by atoms with Gasteiger partial charge in [-0.3, -0.25) is 14.6 Å². The van der Waals surface area contributed by atoms with Crippen LogP contribution in [0.3, 0.4) is 0 Å². The maximum atomic E-state index is 12.1. The Kier molecular flexibility index (Phi) is 9.32. The number of carbonyl (C=O) groups is 2. The van der Waals surface area contributed by atoms with Gasteiger partial charge in [0.2, 0.25) is 5.91 Å². The molecule has 7 heteroatoms. The standard InChI is InChI=1S/C14H21N3O3.ClH/c1-11(15)9-13(18)17(8-5-14(19)20-2)10-12-3-6-16-7-4-12;/h3-4,6-7,11H,5,8-10,15H2,1-2H3;1H. The highest BCUT2D eigenvalue weighted by molar-refractivity contribution is 5.85. The summed E-state index contributed by atoms with van der Waals surface area (Å²) in [5, 5.41) is 0. The molecule has 0 radical (unpaired) electrons. The van der Waals surface area contributed by atoms with Gasteiger partial charge < -0.3 is 15.4 Å². The Hall–Kier alpha value is -1.66. The predicted octanol–water partition coefficient (Wildman–Crippen LogP) is 1.13. The molecule has 0 aliphatic carbocycles. The van der Waals surface area contributed by atoms with Gasteiger partial charge in [-0.25, -0.2) is 0 Å². The first-order valence-electron chi connectivity index (χ1n) is 6.52. The molecule has 0 bridgehead atoms. The second-order valence-corrected chi connectivity index (χ2v) is 4.68. The minimum absolute atomic E-state index is 0. The van der Waals surface area contributed by atoms with Crippen LogP contribution in [0.2, 0.25) is 0 Å². The van der Waals surface area contributed by atoms with Gasteiger partial charge in [0.15, 0.2) is 0 Å². The highest BCUT2D eigenvalue weighted by Gasteiger charge is 2.17. The molecule has 0 aliphatic rings. The largest absolute Gasteiger partial charge is 0.469 e. The third kappa shape index (κ3) is 7.63. The van der Waals surface area contributed by atoms with E-state index in [2.05, 4.69) is 9.72 Å². The first-order chi connectivity index (χ1) is 9.52. The normalized spacial score (nSPS) is 11.2. The van der Waals surface area contributed by atoms with Gasteiger partial charge in [-0.1, -0.05) is 0 Å². The van der Waals surface area contributed by atoms with Crippen molar-refractivity contribution in [3.63, 3.8) is 0 Å². The van der Waals surface area contributed by atoms with Crippen molar-refractivity contribution < 1.29 is 14.3 Å². The van der Waals surface area contributed by atoms with E-state index in [0.29, 0.717) is 13.1 Å². The van der Waals surface area contributed by atoms with Crippen molar-refractivity contribution in [1.82, 2.24) is 9.88 Å². The average Bonchev–Trinajstić information content (AvgIpc) is 2.43. The Bertz CT molecular complexity index is 440. The second-order valence-electron chi connectivity index (χ2n) is 4.68. The van der Waals surface area contributed by atoms with E-state index in [9.17, 15) is 9.59 Å². The van der Waals surface area contributed by atoms with Crippen LogP contribution in [0.4, 0.5) is 0 Å². The molecule has 1 aromatic heterocycles. The number of rotatable bonds is 7. The molecule has 0 aromatic carbocycles. The summed E-state index contributed by atoms with van der Waals surface area (Å²) in [6.07, 6.45) is 3.77. The Morgan fingerprint density at radius 2 is 2.00 bits per heavy atom. The zero-order valence-electron chi connectivity index (χ0n) is 12.3. The molecule has 1 atom stereocenters. The fraction of sp³-hybridized carbons (Fsp3) is 0.500. The van der Waals surface area contributed by atoms with Crippen molar-refractivity contribution in [3.8, 4) is 0 Å². The number of amides is 1. The van der Waals surface area contributed by atoms with E-state index in [4.69, 9.17) is 5.73 Å². The third-order valence-corrected chi connectivity index (χ3v) is 2.79. The summed E-state index contributed by atoms with van der Waals surface area (Å²) >= 11 is 0. The maximum Gasteiger partial charge on any atom is 0.307 e. The molecular formula is C14H22ClN3O3. The van der Waals surface area contributed by atoms with Crippen LogP contribution >= 0.6 is 12.4 Å². The Morgan fingerprint density at radius 1 is 1.38 bits per heavy atom. The molecule has 118 valence electrons. The molecule has 0 fully saturated rings. The summed E-state index contributed by atoms with van der Waals surface area (Å²) in [6, 6.07) is 3.47. The smallest absolute Gasteiger partial charge is 0.307 e. The van der Waals surface area contributed by atoms with Gasteiger partial charge in [0.25, 0.3) is 0 Å². The number of pyridine rings is 1. The van der Waals surface area contributed by atoms with Gasteiger partial charge in [0.05, 0.1) is 13.5 Å². The zero-order valence-corrected chi connectivity index (χ0v) is 13.1. The van der Waals surface area contributed by atoms with Crippen LogP contribution in [0.1, 0.15) is 25.3 Å². The van der Waals surface area contributed by atoms with Gasteiger partial charge >= 0.3 is 5.97 Å². The maximum absolute atomic E-state index is 12.1.